The molecule has 1 aromatic carbocycles. The SMILES string of the molecule is CCC(C)(NC(CCC(=O)OCc1ccccc1)C(=O)C(C)(C)NCCN)C(=O)C1CCCN1C(C)=O. The zero-order valence-corrected chi connectivity index (χ0v) is 23.0. The highest BCUT2D eigenvalue weighted by molar-refractivity contribution is 5.97. The van der Waals surface area contributed by atoms with Crippen LogP contribution in [0.25, 0.3) is 0 Å². The van der Waals surface area contributed by atoms with E-state index >= 15 is 0 Å². The number of nitrogens with two attached hydrogens (primary N) is 1. The number of carbonyl (C=O) groups excluding carboxylic acids is 4. The molecule has 3 unspecified atom stereocenters. The number of benzene rings is 1. The Morgan fingerprint density at radius 2 is 1.84 bits per heavy atom. The number of rotatable bonds is 15. The summed E-state index contributed by atoms with van der Waals surface area (Å²) in [5, 5.41) is 6.48. The Hall–Kier alpha value is -2.62. The van der Waals surface area contributed by atoms with Gasteiger partial charge in [0.1, 0.15) is 6.61 Å². The van der Waals surface area contributed by atoms with Crippen LogP contribution in [-0.2, 0) is 30.5 Å². The van der Waals surface area contributed by atoms with Crippen LogP contribution in [-0.4, -0.2) is 71.1 Å². The third kappa shape index (κ3) is 8.45. The summed E-state index contributed by atoms with van der Waals surface area (Å²) in [6, 6.07) is 8.07. The van der Waals surface area contributed by atoms with Crippen molar-refractivity contribution in [1.82, 2.24) is 15.5 Å². The lowest BCUT2D eigenvalue weighted by Gasteiger charge is -2.38. The van der Waals surface area contributed by atoms with Gasteiger partial charge in [0.2, 0.25) is 5.91 Å². The summed E-state index contributed by atoms with van der Waals surface area (Å²) in [6.45, 7) is 10.2. The highest BCUT2D eigenvalue weighted by Crippen LogP contribution is 2.26. The van der Waals surface area contributed by atoms with Crippen molar-refractivity contribution in [2.24, 2.45) is 5.73 Å². The predicted molar refractivity (Wildman–Crippen MR) is 143 cm³/mol. The highest BCUT2D eigenvalue weighted by Gasteiger charge is 2.45. The second-order valence-electron chi connectivity index (χ2n) is 10.5. The minimum atomic E-state index is -1.05. The minimum absolute atomic E-state index is 0.0141. The Labute approximate surface area is 220 Å². The minimum Gasteiger partial charge on any atom is -0.461 e. The van der Waals surface area contributed by atoms with E-state index in [0.717, 1.165) is 12.0 Å². The Kier molecular flexibility index (Phi) is 11.4. The van der Waals surface area contributed by atoms with Crippen LogP contribution >= 0.6 is 0 Å². The van der Waals surface area contributed by atoms with E-state index in [0.29, 0.717) is 32.5 Å². The molecule has 0 radical (unpaired) electrons. The van der Waals surface area contributed by atoms with E-state index in [2.05, 4.69) is 10.6 Å². The lowest BCUT2D eigenvalue weighted by Crippen LogP contribution is -2.64. The molecule has 1 aromatic rings. The Morgan fingerprint density at radius 1 is 1.16 bits per heavy atom. The predicted octanol–water partition coefficient (Wildman–Crippen LogP) is 2.11. The summed E-state index contributed by atoms with van der Waals surface area (Å²) >= 11 is 0. The van der Waals surface area contributed by atoms with Crippen molar-refractivity contribution >= 4 is 23.4 Å². The molecule has 9 nitrogen and oxygen atoms in total. The summed E-state index contributed by atoms with van der Waals surface area (Å²) in [6.07, 6.45) is 1.97. The number of Topliss-reactive ketones (excluding diaryl/α,β-unsaturated/α-hetero) is 2. The van der Waals surface area contributed by atoms with Gasteiger partial charge in [0, 0.05) is 33.0 Å². The van der Waals surface area contributed by atoms with Gasteiger partial charge in [-0.05, 0) is 52.0 Å². The molecular weight excluding hydrogens is 472 g/mol. The molecule has 3 atom stereocenters. The van der Waals surface area contributed by atoms with Gasteiger partial charge in [-0.3, -0.25) is 24.5 Å². The van der Waals surface area contributed by atoms with Gasteiger partial charge < -0.3 is 20.7 Å². The molecule has 0 saturated carbocycles. The normalized spacial score (nSPS) is 18.2. The molecule has 1 amide bonds. The van der Waals surface area contributed by atoms with E-state index in [1.165, 1.54) is 6.92 Å². The largest absolute Gasteiger partial charge is 0.461 e. The molecule has 4 N–H and O–H groups in total. The first-order valence-electron chi connectivity index (χ1n) is 13.2. The van der Waals surface area contributed by atoms with Gasteiger partial charge in [0.05, 0.1) is 23.2 Å². The number of ether oxygens (including phenoxy) is 1. The second kappa shape index (κ2) is 13.8. The Balaban J connectivity index is 2.19. The average Bonchev–Trinajstić information content (AvgIpc) is 3.38. The van der Waals surface area contributed by atoms with Gasteiger partial charge in [-0.2, -0.15) is 0 Å². The summed E-state index contributed by atoms with van der Waals surface area (Å²) in [5.74, 6) is -0.825. The Bertz CT molecular complexity index is 936. The number of amides is 1. The lowest BCUT2D eigenvalue weighted by molar-refractivity contribution is -0.145. The molecule has 1 saturated heterocycles. The van der Waals surface area contributed by atoms with Crippen LogP contribution in [0.15, 0.2) is 30.3 Å². The molecule has 206 valence electrons. The number of carbonyl (C=O) groups is 4. The summed E-state index contributed by atoms with van der Waals surface area (Å²) in [7, 11) is 0. The number of nitrogens with one attached hydrogen (secondary N) is 2. The first kappa shape index (κ1) is 30.6. The van der Waals surface area contributed by atoms with Gasteiger partial charge in [-0.15, -0.1) is 0 Å². The molecule has 0 aromatic heterocycles. The van der Waals surface area contributed by atoms with Crippen molar-refractivity contribution in [3.63, 3.8) is 0 Å². The smallest absolute Gasteiger partial charge is 0.306 e. The summed E-state index contributed by atoms with van der Waals surface area (Å²) in [5.41, 5.74) is 4.53. The van der Waals surface area contributed by atoms with Gasteiger partial charge in [-0.25, -0.2) is 0 Å². The molecule has 1 fully saturated rings. The van der Waals surface area contributed by atoms with Crippen molar-refractivity contribution in [2.45, 2.75) is 96.5 Å². The molecular formula is C28H44N4O5. The monoisotopic (exact) mass is 516 g/mol. The highest BCUT2D eigenvalue weighted by atomic mass is 16.5. The maximum Gasteiger partial charge on any atom is 0.306 e. The molecule has 37 heavy (non-hydrogen) atoms. The fraction of sp³-hybridized carbons (Fsp3) is 0.643. The van der Waals surface area contributed by atoms with E-state index in [9.17, 15) is 19.2 Å². The van der Waals surface area contributed by atoms with Crippen molar-refractivity contribution < 1.29 is 23.9 Å². The van der Waals surface area contributed by atoms with Crippen LogP contribution in [0.1, 0.15) is 72.3 Å². The van der Waals surface area contributed by atoms with Crippen molar-refractivity contribution in [1.29, 1.82) is 0 Å². The number of esters is 1. The first-order chi connectivity index (χ1) is 17.4. The molecule has 1 heterocycles. The van der Waals surface area contributed by atoms with Crippen LogP contribution in [0.4, 0.5) is 0 Å². The Morgan fingerprint density at radius 3 is 2.43 bits per heavy atom. The van der Waals surface area contributed by atoms with Gasteiger partial charge in [0.25, 0.3) is 0 Å². The molecule has 9 heteroatoms. The number of hydrogen-bond acceptors (Lipinski definition) is 8. The maximum absolute atomic E-state index is 13.7. The van der Waals surface area contributed by atoms with Crippen LogP contribution in [0.2, 0.25) is 0 Å². The molecule has 0 bridgehead atoms. The van der Waals surface area contributed by atoms with E-state index in [1.807, 2.05) is 37.3 Å². The molecule has 0 spiro atoms. The number of nitrogens with zero attached hydrogens (tertiary/aromatic N) is 1. The molecule has 0 aliphatic carbocycles. The standard InChI is InChI=1S/C28H44N4O5/c1-6-28(5,26(36)23-13-10-18-32(23)20(2)33)31-22(25(35)27(3,4)30-17-16-29)14-15-24(34)37-19-21-11-8-7-9-12-21/h7-9,11-12,22-23,30-31H,6,10,13-19,29H2,1-5H3. The number of ketones is 2. The van der Waals surface area contributed by atoms with E-state index in [-0.39, 0.29) is 36.9 Å². The lowest BCUT2D eigenvalue weighted by atomic mass is 9.83. The zero-order valence-electron chi connectivity index (χ0n) is 23.0. The first-order valence-corrected chi connectivity index (χ1v) is 13.2. The molecule has 1 aliphatic heterocycles. The van der Waals surface area contributed by atoms with Gasteiger partial charge in [0.15, 0.2) is 11.6 Å². The van der Waals surface area contributed by atoms with Crippen LogP contribution in [0.5, 0.6) is 0 Å². The summed E-state index contributed by atoms with van der Waals surface area (Å²) < 4.78 is 5.41. The van der Waals surface area contributed by atoms with Crippen molar-refractivity contribution in [2.75, 3.05) is 19.6 Å². The fourth-order valence-corrected chi connectivity index (χ4v) is 4.76. The zero-order chi connectivity index (χ0) is 27.6. The van der Waals surface area contributed by atoms with Gasteiger partial charge in [-0.1, -0.05) is 37.3 Å². The van der Waals surface area contributed by atoms with Crippen LogP contribution in [0, 0.1) is 0 Å². The van der Waals surface area contributed by atoms with Gasteiger partial charge >= 0.3 is 5.97 Å². The quantitative estimate of drug-likeness (QED) is 0.302. The topological polar surface area (TPSA) is 131 Å². The second-order valence-corrected chi connectivity index (χ2v) is 10.5. The van der Waals surface area contributed by atoms with Crippen molar-refractivity contribution in [3.8, 4) is 0 Å². The van der Waals surface area contributed by atoms with E-state index < -0.39 is 29.1 Å². The van der Waals surface area contributed by atoms with E-state index in [1.54, 1.807) is 25.7 Å². The van der Waals surface area contributed by atoms with Crippen molar-refractivity contribution in [3.05, 3.63) is 35.9 Å². The summed E-state index contributed by atoms with van der Waals surface area (Å²) in [4.78, 5) is 53.7. The third-order valence-electron chi connectivity index (χ3n) is 7.23. The fourth-order valence-electron chi connectivity index (χ4n) is 4.76. The number of likely N-dealkylation sites (tertiary alicyclic amines) is 1. The average molecular weight is 517 g/mol. The van der Waals surface area contributed by atoms with Crippen LogP contribution in [0.3, 0.4) is 0 Å². The third-order valence-corrected chi connectivity index (χ3v) is 7.23. The number of hydrogen-bond donors (Lipinski definition) is 3. The van der Waals surface area contributed by atoms with E-state index in [4.69, 9.17) is 10.5 Å². The maximum atomic E-state index is 13.7. The van der Waals surface area contributed by atoms with Crippen LogP contribution < -0.4 is 16.4 Å². The molecule has 2 rings (SSSR count). The molecule has 1 aliphatic rings.